The molecule has 1 fully saturated rings. The summed E-state index contributed by atoms with van der Waals surface area (Å²) in [4.78, 5) is 2.62. The highest BCUT2D eigenvalue weighted by Crippen LogP contribution is 2.35. The standard InChI is InChI=1S/C17H23N3O2S/c1-11(13-6-7-21-10-13)18-9-16-19-20-17(22-16)15-8-12-4-2-3-5-14(12)23-15/h8,11,13,18H,2-7,9-10H2,1H3/t11-,13+/m1/s1. The lowest BCUT2D eigenvalue weighted by molar-refractivity contribution is 0.177. The van der Waals surface area contributed by atoms with E-state index in [0.29, 0.717) is 30.3 Å². The smallest absolute Gasteiger partial charge is 0.257 e. The van der Waals surface area contributed by atoms with Gasteiger partial charge in [-0.05, 0) is 56.6 Å². The van der Waals surface area contributed by atoms with Gasteiger partial charge in [-0.25, -0.2) is 0 Å². The highest BCUT2D eigenvalue weighted by molar-refractivity contribution is 7.15. The van der Waals surface area contributed by atoms with Crippen LogP contribution in [0.3, 0.4) is 0 Å². The second-order valence-corrected chi connectivity index (χ2v) is 7.70. The number of fused-ring (bicyclic) bond motifs is 1. The van der Waals surface area contributed by atoms with E-state index >= 15 is 0 Å². The van der Waals surface area contributed by atoms with Gasteiger partial charge in [0, 0.05) is 17.5 Å². The Hall–Kier alpha value is -1.24. The van der Waals surface area contributed by atoms with Crippen molar-refractivity contribution in [2.24, 2.45) is 5.92 Å². The van der Waals surface area contributed by atoms with Crippen LogP contribution in [0.1, 0.15) is 42.5 Å². The van der Waals surface area contributed by atoms with E-state index in [1.165, 1.54) is 36.1 Å². The average Bonchev–Trinajstić information content (AvgIpc) is 3.31. The molecular formula is C17H23N3O2S. The average molecular weight is 333 g/mol. The normalized spacial score (nSPS) is 22.2. The van der Waals surface area contributed by atoms with Crippen LogP contribution in [0, 0.1) is 5.92 Å². The maximum Gasteiger partial charge on any atom is 0.257 e. The van der Waals surface area contributed by atoms with Gasteiger partial charge in [0.15, 0.2) is 0 Å². The molecule has 2 aromatic heterocycles. The third-order valence-corrected chi connectivity index (χ3v) is 6.15. The van der Waals surface area contributed by atoms with Crippen LogP contribution >= 0.6 is 11.3 Å². The minimum Gasteiger partial charge on any atom is -0.419 e. The molecule has 2 aliphatic rings. The molecule has 0 saturated carbocycles. The summed E-state index contributed by atoms with van der Waals surface area (Å²) in [5.74, 6) is 1.91. The molecule has 0 aromatic carbocycles. The molecule has 4 rings (SSSR count). The Labute approximate surface area is 140 Å². The van der Waals surface area contributed by atoms with Gasteiger partial charge in [0.25, 0.3) is 5.89 Å². The van der Waals surface area contributed by atoms with E-state index < -0.39 is 0 Å². The zero-order valence-corrected chi connectivity index (χ0v) is 14.3. The van der Waals surface area contributed by atoms with Crippen molar-refractivity contribution in [3.63, 3.8) is 0 Å². The van der Waals surface area contributed by atoms with E-state index in [4.69, 9.17) is 9.15 Å². The zero-order valence-electron chi connectivity index (χ0n) is 13.5. The van der Waals surface area contributed by atoms with Gasteiger partial charge in [-0.1, -0.05) is 0 Å². The van der Waals surface area contributed by atoms with E-state index in [9.17, 15) is 0 Å². The third kappa shape index (κ3) is 3.34. The summed E-state index contributed by atoms with van der Waals surface area (Å²) in [7, 11) is 0. The van der Waals surface area contributed by atoms with Crippen molar-refractivity contribution in [1.29, 1.82) is 0 Å². The molecule has 1 aliphatic carbocycles. The molecular weight excluding hydrogens is 310 g/mol. The Kier molecular flexibility index (Phi) is 4.46. The van der Waals surface area contributed by atoms with Gasteiger partial charge in [-0.3, -0.25) is 0 Å². The fourth-order valence-corrected chi connectivity index (χ4v) is 4.56. The molecule has 5 nitrogen and oxygen atoms in total. The van der Waals surface area contributed by atoms with Crippen LogP contribution in [-0.4, -0.2) is 29.5 Å². The molecule has 0 unspecified atom stereocenters. The highest BCUT2D eigenvalue weighted by atomic mass is 32.1. The number of aromatic nitrogens is 2. The fraction of sp³-hybridized carbons (Fsp3) is 0.647. The van der Waals surface area contributed by atoms with Crippen molar-refractivity contribution in [3.8, 4) is 10.8 Å². The van der Waals surface area contributed by atoms with Gasteiger partial charge in [0.1, 0.15) is 0 Å². The lowest BCUT2D eigenvalue weighted by atomic mass is 9.99. The number of rotatable bonds is 5. The summed E-state index contributed by atoms with van der Waals surface area (Å²) in [6.07, 6.45) is 6.11. The monoisotopic (exact) mass is 333 g/mol. The number of aryl methyl sites for hydroxylation is 2. The number of hydrogen-bond donors (Lipinski definition) is 1. The Morgan fingerprint density at radius 2 is 2.26 bits per heavy atom. The summed E-state index contributed by atoms with van der Waals surface area (Å²) >= 11 is 1.81. The Morgan fingerprint density at radius 3 is 3.09 bits per heavy atom. The fourth-order valence-electron chi connectivity index (χ4n) is 3.38. The second kappa shape index (κ2) is 6.71. The number of nitrogens with zero attached hydrogens (tertiary/aromatic N) is 2. The van der Waals surface area contributed by atoms with Crippen LogP contribution in [0.15, 0.2) is 10.5 Å². The van der Waals surface area contributed by atoms with Crippen LogP contribution in [-0.2, 0) is 24.1 Å². The molecule has 2 atom stereocenters. The Morgan fingerprint density at radius 1 is 1.35 bits per heavy atom. The maximum atomic E-state index is 5.85. The molecule has 2 aromatic rings. The lowest BCUT2D eigenvalue weighted by Crippen LogP contribution is -2.33. The Balaban J connectivity index is 1.39. The summed E-state index contributed by atoms with van der Waals surface area (Å²) in [6, 6.07) is 2.64. The summed E-state index contributed by atoms with van der Waals surface area (Å²) < 4.78 is 11.3. The van der Waals surface area contributed by atoms with Crippen molar-refractivity contribution in [2.75, 3.05) is 13.2 Å². The second-order valence-electron chi connectivity index (χ2n) is 6.56. The molecule has 124 valence electrons. The molecule has 3 heterocycles. The molecule has 1 N–H and O–H groups in total. The van der Waals surface area contributed by atoms with Gasteiger partial charge in [0.05, 0.1) is 18.0 Å². The zero-order chi connectivity index (χ0) is 15.6. The van der Waals surface area contributed by atoms with Crippen LogP contribution in [0.25, 0.3) is 10.8 Å². The first-order valence-electron chi connectivity index (χ1n) is 8.55. The summed E-state index contributed by atoms with van der Waals surface area (Å²) in [6.45, 7) is 4.55. The van der Waals surface area contributed by atoms with E-state index in [-0.39, 0.29) is 0 Å². The molecule has 0 bridgehead atoms. The van der Waals surface area contributed by atoms with E-state index in [2.05, 4.69) is 28.5 Å². The van der Waals surface area contributed by atoms with Crippen LogP contribution in [0.2, 0.25) is 0 Å². The molecule has 6 heteroatoms. The van der Waals surface area contributed by atoms with Crippen molar-refractivity contribution in [2.45, 2.75) is 51.6 Å². The first-order chi connectivity index (χ1) is 11.3. The number of ether oxygens (including phenoxy) is 1. The molecule has 0 radical (unpaired) electrons. The minimum absolute atomic E-state index is 0.405. The van der Waals surface area contributed by atoms with Crippen molar-refractivity contribution >= 4 is 11.3 Å². The van der Waals surface area contributed by atoms with Crippen molar-refractivity contribution in [3.05, 3.63) is 22.4 Å². The van der Waals surface area contributed by atoms with Gasteiger partial charge < -0.3 is 14.5 Å². The first-order valence-corrected chi connectivity index (χ1v) is 9.36. The van der Waals surface area contributed by atoms with Gasteiger partial charge in [-0.15, -0.1) is 21.5 Å². The van der Waals surface area contributed by atoms with E-state index in [0.717, 1.165) is 24.5 Å². The van der Waals surface area contributed by atoms with Crippen LogP contribution in [0.5, 0.6) is 0 Å². The predicted octanol–water partition coefficient (Wildman–Crippen LogP) is 3.19. The number of hydrogen-bond acceptors (Lipinski definition) is 6. The topological polar surface area (TPSA) is 60.2 Å². The highest BCUT2D eigenvalue weighted by Gasteiger charge is 2.23. The largest absolute Gasteiger partial charge is 0.419 e. The van der Waals surface area contributed by atoms with E-state index in [1.54, 1.807) is 0 Å². The summed E-state index contributed by atoms with van der Waals surface area (Å²) in [5.41, 5.74) is 1.48. The summed E-state index contributed by atoms with van der Waals surface area (Å²) in [5, 5.41) is 11.9. The van der Waals surface area contributed by atoms with E-state index in [1.807, 2.05) is 11.3 Å². The van der Waals surface area contributed by atoms with Gasteiger partial charge in [0.2, 0.25) is 5.89 Å². The minimum atomic E-state index is 0.405. The van der Waals surface area contributed by atoms with Gasteiger partial charge >= 0.3 is 0 Å². The Bertz CT molecular complexity index is 637. The van der Waals surface area contributed by atoms with Crippen molar-refractivity contribution in [1.82, 2.24) is 15.5 Å². The number of thiophene rings is 1. The molecule has 0 spiro atoms. The lowest BCUT2D eigenvalue weighted by Gasteiger charge is -2.17. The maximum absolute atomic E-state index is 5.85. The molecule has 23 heavy (non-hydrogen) atoms. The first kappa shape index (κ1) is 15.3. The number of nitrogens with one attached hydrogen (secondary N) is 1. The van der Waals surface area contributed by atoms with Gasteiger partial charge in [-0.2, -0.15) is 0 Å². The van der Waals surface area contributed by atoms with Crippen LogP contribution < -0.4 is 5.32 Å². The SMILES string of the molecule is C[C@@H](NCc1nnc(-c2cc3c(s2)CCCC3)o1)[C@H]1CCOC1. The van der Waals surface area contributed by atoms with Crippen LogP contribution in [0.4, 0.5) is 0 Å². The molecule has 1 aliphatic heterocycles. The van der Waals surface area contributed by atoms with Crippen molar-refractivity contribution < 1.29 is 9.15 Å². The molecule has 1 saturated heterocycles. The predicted molar refractivity (Wildman–Crippen MR) is 89.5 cm³/mol. The molecule has 0 amide bonds. The third-order valence-electron chi connectivity index (χ3n) is 4.92. The quantitative estimate of drug-likeness (QED) is 0.910.